The molecule has 0 spiro atoms. The summed E-state index contributed by atoms with van der Waals surface area (Å²) in [6.07, 6.45) is 0. The first kappa shape index (κ1) is 8.16. The molecule has 4 nitrogen and oxygen atoms in total. The van der Waals surface area contributed by atoms with Gasteiger partial charge >= 0.3 is 0 Å². The van der Waals surface area contributed by atoms with Gasteiger partial charge in [0.1, 0.15) is 0 Å². The minimum atomic E-state index is -4.30. The quantitative estimate of drug-likeness (QED) is 0.314. The molecule has 0 aliphatic carbocycles. The molecular formula is C2H6ClNO3S. The fraction of sp³-hybridized carbons (Fsp3) is 1.00. The first-order valence-electron chi connectivity index (χ1n) is 1.70. The molecule has 0 aromatic heterocycles. The van der Waals surface area contributed by atoms with Crippen LogP contribution >= 0.6 is 11.6 Å². The third-order valence-corrected chi connectivity index (χ3v) is 2.10. The predicted octanol–water partition coefficient (Wildman–Crippen LogP) is -0.255. The van der Waals surface area contributed by atoms with E-state index in [-0.39, 0.29) is 0 Å². The van der Waals surface area contributed by atoms with Crippen LogP contribution in [0.15, 0.2) is 0 Å². The van der Waals surface area contributed by atoms with Crippen LogP contribution in [0.1, 0.15) is 6.92 Å². The highest BCUT2D eigenvalue weighted by atomic mass is 35.5. The Bertz CT molecular complexity index is 166. The van der Waals surface area contributed by atoms with Crippen LogP contribution in [-0.4, -0.2) is 17.3 Å². The SMILES string of the molecule is CC(N)(Cl)S(=O)(=O)O. The van der Waals surface area contributed by atoms with E-state index >= 15 is 0 Å². The normalized spacial score (nSPS) is 20.0. The van der Waals surface area contributed by atoms with E-state index in [9.17, 15) is 8.42 Å². The number of hydrogen-bond acceptors (Lipinski definition) is 3. The van der Waals surface area contributed by atoms with Gasteiger partial charge in [0.05, 0.1) is 0 Å². The van der Waals surface area contributed by atoms with E-state index in [0.29, 0.717) is 0 Å². The van der Waals surface area contributed by atoms with Crippen molar-refractivity contribution in [2.75, 3.05) is 0 Å². The molecule has 3 N–H and O–H groups in total. The lowest BCUT2D eigenvalue weighted by molar-refractivity contribution is 0.464. The Kier molecular flexibility index (Phi) is 1.87. The van der Waals surface area contributed by atoms with Crippen molar-refractivity contribution in [3.05, 3.63) is 0 Å². The van der Waals surface area contributed by atoms with Crippen molar-refractivity contribution in [3.8, 4) is 0 Å². The Morgan fingerprint density at radius 2 is 1.88 bits per heavy atom. The Labute approximate surface area is 52.4 Å². The Morgan fingerprint density at radius 3 is 1.88 bits per heavy atom. The second-order valence-electron chi connectivity index (χ2n) is 1.46. The van der Waals surface area contributed by atoms with Gasteiger partial charge < -0.3 is 0 Å². The highest BCUT2D eigenvalue weighted by molar-refractivity contribution is 7.88. The molecule has 6 heteroatoms. The standard InChI is InChI=1S/C2H6ClNO3S/c1-2(3,4)8(5,6)7/h4H2,1H3,(H,5,6,7). The first-order valence-corrected chi connectivity index (χ1v) is 3.52. The fourth-order valence-corrected chi connectivity index (χ4v) is 0. The first-order chi connectivity index (χ1) is 3.25. The lowest BCUT2D eigenvalue weighted by atomic mass is 10.8. The van der Waals surface area contributed by atoms with Crippen molar-refractivity contribution in [2.45, 2.75) is 11.3 Å². The largest absolute Gasteiger partial charge is 0.298 e. The second kappa shape index (κ2) is 1.84. The second-order valence-corrected chi connectivity index (χ2v) is 4.27. The predicted molar refractivity (Wildman–Crippen MR) is 30.0 cm³/mol. The molecule has 0 saturated heterocycles. The number of alkyl halides is 1. The highest BCUT2D eigenvalue weighted by Gasteiger charge is 2.29. The van der Waals surface area contributed by atoms with Gasteiger partial charge in [0, 0.05) is 0 Å². The smallest absolute Gasteiger partial charge is 0.298 e. The van der Waals surface area contributed by atoms with Gasteiger partial charge in [-0.25, -0.2) is 0 Å². The molecule has 0 aromatic carbocycles. The van der Waals surface area contributed by atoms with Gasteiger partial charge in [-0.05, 0) is 6.92 Å². The monoisotopic (exact) mass is 159 g/mol. The number of rotatable bonds is 1. The lowest BCUT2D eigenvalue weighted by Crippen LogP contribution is -2.38. The molecular weight excluding hydrogens is 154 g/mol. The molecule has 0 aromatic rings. The van der Waals surface area contributed by atoms with Gasteiger partial charge in [-0.15, -0.1) is 0 Å². The molecule has 1 atom stereocenters. The van der Waals surface area contributed by atoms with Gasteiger partial charge in [-0.1, -0.05) is 11.6 Å². The van der Waals surface area contributed by atoms with Gasteiger partial charge in [-0.2, -0.15) is 8.42 Å². The third kappa shape index (κ3) is 1.95. The topological polar surface area (TPSA) is 80.4 Å². The molecule has 50 valence electrons. The van der Waals surface area contributed by atoms with Gasteiger partial charge in [0.2, 0.25) is 4.33 Å². The van der Waals surface area contributed by atoms with Crippen LogP contribution in [0.25, 0.3) is 0 Å². The van der Waals surface area contributed by atoms with Crippen LogP contribution in [0.3, 0.4) is 0 Å². The average molecular weight is 160 g/mol. The summed E-state index contributed by atoms with van der Waals surface area (Å²) in [4.78, 5) is 0. The molecule has 8 heavy (non-hydrogen) atoms. The van der Waals surface area contributed by atoms with Gasteiger partial charge in [0.15, 0.2) is 0 Å². The molecule has 0 amide bonds. The zero-order valence-electron chi connectivity index (χ0n) is 4.13. The van der Waals surface area contributed by atoms with E-state index in [0.717, 1.165) is 6.92 Å². The van der Waals surface area contributed by atoms with E-state index in [2.05, 4.69) is 0 Å². The molecule has 0 aliphatic heterocycles. The zero-order chi connectivity index (χ0) is 7.00. The summed E-state index contributed by atoms with van der Waals surface area (Å²) in [5.74, 6) is 0. The molecule has 0 aliphatic rings. The van der Waals surface area contributed by atoms with E-state index in [4.69, 9.17) is 21.9 Å². The van der Waals surface area contributed by atoms with E-state index in [1.807, 2.05) is 0 Å². The van der Waals surface area contributed by atoms with E-state index < -0.39 is 14.4 Å². The van der Waals surface area contributed by atoms with Gasteiger partial charge in [0.25, 0.3) is 10.1 Å². The number of halogens is 1. The average Bonchev–Trinajstić information content (AvgIpc) is 1.25. The maximum absolute atomic E-state index is 9.95. The van der Waals surface area contributed by atoms with Crippen molar-refractivity contribution >= 4 is 21.7 Å². The highest BCUT2D eigenvalue weighted by Crippen LogP contribution is 2.11. The fourth-order valence-electron chi connectivity index (χ4n) is 0. The Hall–Kier alpha value is 0.160. The van der Waals surface area contributed by atoms with Crippen molar-refractivity contribution < 1.29 is 13.0 Å². The number of hydrogen-bond donors (Lipinski definition) is 2. The Morgan fingerprint density at radius 1 is 1.75 bits per heavy atom. The Balaban J connectivity index is 4.53. The van der Waals surface area contributed by atoms with Crippen LogP contribution in [0.4, 0.5) is 0 Å². The van der Waals surface area contributed by atoms with E-state index in [1.54, 1.807) is 0 Å². The van der Waals surface area contributed by atoms with Gasteiger partial charge in [-0.3, -0.25) is 10.3 Å². The minimum Gasteiger partial charge on any atom is -0.298 e. The van der Waals surface area contributed by atoms with Crippen molar-refractivity contribution in [1.29, 1.82) is 0 Å². The zero-order valence-corrected chi connectivity index (χ0v) is 5.70. The number of nitrogens with two attached hydrogens (primary N) is 1. The molecule has 0 saturated carbocycles. The van der Waals surface area contributed by atoms with Crippen LogP contribution in [0, 0.1) is 0 Å². The summed E-state index contributed by atoms with van der Waals surface area (Å²) in [7, 11) is -4.30. The van der Waals surface area contributed by atoms with Crippen LogP contribution < -0.4 is 5.73 Å². The minimum absolute atomic E-state index is 0.976. The summed E-state index contributed by atoms with van der Waals surface area (Å²) in [6.45, 7) is 0.976. The summed E-state index contributed by atoms with van der Waals surface area (Å²) < 4.78 is 25.9. The summed E-state index contributed by atoms with van der Waals surface area (Å²) in [6, 6.07) is 0. The van der Waals surface area contributed by atoms with Crippen LogP contribution in [0.2, 0.25) is 0 Å². The molecule has 0 fully saturated rings. The molecule has 0 heterocycles. The summed E-state index contributed by atoms with van der Waals surface area (Å²) in [5.41, 5.74) is 4.74. The third-order valence-electron chi connectivity index (χ3n) is 0.504. The molecule has 1 unspecified atom stereocenters. The van der Waals surface area contributed by atoms with E-state index in [1.165, 1.54) is 0 Å². The molecule has 0 bridgehead atoms. The van der Waals surface area contributed by atoms with Crippen molar-refractivity contribution in [1.82, 2.24) is 0 Å². The van der Waals surface area contributed by atoms with Crippen LogP contribution in [-0.2, 0) is 10.1 Å². The maximum atomic E-state index is 9.95. The van der Waals surface area contributed by atoms with Crippen LogP contribution in [0.5, 0.6) is 0 Å². The summed E-state index contributed by atoms with van der Waals surface area (Å²) >= 11 is 4.95. The summed E-state index contributed by atoms with van der Waals surface area (Å²) in [5, 5.41) is 0. The maximum Gasteiger partial charge on any atom is 0.298 e. The van der Waals surface area contributed by atoms with Crippen molar-refractivity contribution in [3.63, 3.8) is 0 Å². The molecule has 0 radical (unpaired) electrons. The van der Waals surface area contributed by atoms with Crippen molar-refractivity contribution in [2.24, 2.45) is 5.73 Å². The lowest BCUT2D eigenvalue weighted by Gasteiger charge is -2.09. The molecule has 0 rings (SSSR count).